The van der Waals surface area contributed by atoms with Crippen molar-refractivity contribution in [1.82, 2.24) is 4.72 Å². The van der Waals surface area contributed by atoms with Crippen LogP contribution in [0.1, 0.15) is 11.1 Å². The van der Waals surface area contributed by atoms with E-state index in [4.69, 9.17) is 0 Å². The molecule has 108 valence electrons. The molecular weight excluding hydrogens is 302 g/mol. The average Bonchev–Trinajstić information content (AvgIpc) is 2.90. The maximum absolute atomic E-state index is 12.5. The van der Waals surface area contributed by atoms with Gasteiger partial charge in [-0.15, -0.1) is 0 Å². The number of benzene rings is 2. The summed E-state index contributed by atoms with van der Waals surface area (Å²) in [5.74, 6) is 0. The predicted octanol–water partition coefficient (Wildman–Crippen LogP) is 3.69. The van der Waals surface area contributed by atoms with E-state index < -0.39 is 10.0 Å². The van der Waals surface area contributed by atoms with Crippen molar-refractivity contribution in [1.29, 1.82) is 0 Å². The molecule has 2 aromatic carbocycles. The number of fused-ring (bicyclic) bond motifs is 1. The third kappa shape index (κ3) is 2.85. The molecule has 0 aliphatic rings. The third-order valence-electron chi connectivity index (χ3n) is 3.45. The summed E-state index contributed by atoms with van der Waals surface area (Å²) in [6, 6.07) is 12.8. The van der Waals surface area contributed by atoms with E-state index in [1.54, 1.807) is 23.5 Å². The summed E-state index contributed by atoms with van der Waals surface area (Å²) in [6.07, 6.45) is 0. The Balaban J connectivity index is 1.95. The second-order valence-corrected chi connectivity index (χ2v) is 7.36. The lowest BCUT2D eigenvalue weighted by Gasteiger charge is -2.09. The SMILES string of the molecule is Cc1cscc1CNS(=O)(=O)c1cccc2ccccc12. The summed E-state index contributed by atoms with van der Waals surface area (Å²) >= 11 is 1.58. The summed E-state index contributed by atoms with van der Waals surface area (Å²) in [4.78, 5) is 0.327. The van der Waals surface area contributed by atoms with Crippen LogP contribution in [0, 0.1) is 6.92 Å². The first kappa shape index (κ1) is 14.3. The Hall–Kier alpha value is -1.69. The van der Waals surface area contributed by atoms with E-state index >= 15 is 0 Å². The first-order valence-corrected chi connectivity index (χ1v) is 8.99. The van der Waals surface area contributed by atoms with Crippen molar-refractivity contribution in [2.24, 2.45) is 0 Å². The molecule has 21 heavy (non-hydrogen) atoms. The zero-order valence-electron chi connectivity index (χ0n) is 11.5. The molecule has 1 heterocycles. The summed E-state index contributed by atoms with van der Waals surface area (Å²) in [5, 5.41) is 5.66. The number of hydrogen-bond donors (Lipinski definition) is 1. The normalized spacial score (nSPS) is 11.9. The molecule has 0 radical (unpaired) electrons. The summed E-state index contributed by atoms with van der Waals surface area (Å²) < 4.78 is 27.8. The second-order valence-electron chi connectivity index (χ2n) is 4.88. The standard InChI is InChI=1S/C16H15NO2S2/c1-12-10-20-11-14(12)9-17-21(18,19)16-8-4-6-13-5-2-3-7-15(13)16/h2-8,10-11,17H,9H2,1H3. The van der Waals surface area contributed by atoms with Gasteiger partial charge in [-0.3, -0.25) is 0 Å². The van der Waals surface area contributed by atoms with Crippen LogP contribution in [0.4, 0.5) is 0 Å². The van der Waals surface area contributed by atoms with E-state index in [0.717, 1.165) is 21.9 Å². The minimum Gasteiger partial charge on any atom is -0.207 e. The van der Waals surface area contributed by atoms with Crippen LogP contribution in [0.3, 0.4) is 0 Å². The molecule has 1 aromatic heterocycles. The number of thiophene rings is 1. The first-order valence-electron chi connectivity index (χ1n) is 6.57. The Labute approximate surface area is 128 Å². The molecule has 0 bridgehead atoms. The van der Waals surface area contributed by atoms with Crippen molar-refractivity contribution < 1.29 is 8.42 Å². The van der Waals surface area contributed by atoms with E-state index in [-0.39, 0.29) is 0 Å². The Morgan fingerprint density at radius 1 is 1.05 bits per heavy atom. The highest BCUT2D eigenvalue weighted by molar-refractivity contribution is 7.89. The number of sulfonamides is 1. The largest absolute Gasteiger partial charge is 0.241 e. The molecule has 0 atom stereocenters. The molecule has 0 spiro atoms. The zero-order valence-corrected chi connectivity index (χ0v) is 13.2. The molecular formula is C16H15NO2S2. The number of aryl methyl sites for hydroxylation is 1. The summed E-state index contributed by atoms with van der Waals surface area (Å²) in [6.45, 7) is 2.30. The Kier molecular flexibility index (Phi) is 3.80. The van der Waals surface area contributed by atoms with Crippen molar-refractivity contribution in [3.8, 4) is 0 Å². The number of rotatable bonds is 4. The smallest absolute Gasteiger partial charge is 0.207 e. The van der Waals surface area contributed by atoms with Gasteiger partial charge in [0.05, 0.1) is 4.90 Å². The van der Waals surface area contributed by atoms with E-state index in [1.165, 1.54) is 0 Å². The predicted molar refractivity (Wildman–Crippen MR) is 87.0 cm³/mol. The van der Waals surface area contributed by atoms with E-state index in [2.05, 4.69) is 4.72 Å². The van der Waals surface area contributed by atoms with Gasteiger partial charge in [0.15, 0.2) is 0 Å². The highest BCUT2D eigenvalue weighted by atomic mass is 32.2. The molecule has 0 unspecified atom stereocenters. The lowest BCUT2D eigenvalue weighted by Crippen LogP contribution is -2.23. The third-order valence-corrected chi connectivity index (χ3v) is 5.82. The van der Waals surface area contributed by atoms with Crippen molar-refractivity contribution in [3.05, 3.63) is 64.4 Å². The highest BCUT2D eigenvalue weighted by Gasteiger charge is 2.17. The number of nitrogens with one attached hydrogen (secondary N) is 1. The Morgan fingerprint density at radius 2 is 1.81 bits per heavy atom. The molecule has 3 rings (SSSR count). The van der Waals surface area contributed by atoms with Gasteiger partial charge in [-0.2, -0.15) is 11.3 Å². The van der Waals surface area contributed by atoms with Crippen LogP contribution in [-0.2, 0) is 16.6 Å². The van der Waals surface area contributed by atoms with Gasteiger partial charge in [0.1, 0.15) is 0 Å². The van der Waals surface area contributed by atoms with Gasteiger partial charge < -0.3 is 0 Å². The Morgan fingerprint density at radius 3 is 2.57 bits per heavy atom. The van der Waals surface area contributed by atoms with E-state index in [1.807, 2.05) is 48.0 Å². The topological polar surface area (TPSA) is 46.2 Å². The molecule has 0 saturated carbocycles. The van der Waals surface area contributed by atoms with Crippen LogP contribution in [-0.4, -0.2) is 8.42 Å². The van der Waals surface area contributed by atoms with Crippen molar-refractivity contribution in [2.45, 2.75) is 18.4 Å². The number of hydrogen-bond acceptors (Lipinski definition) is 3. The van der Waals surface area contributed by atoms with Crippen LogP contribution in [0.2, 0.25) is 0 Å². The molecule has 0 amide bonds. The van der Waals surface area contributed by atoms with E-state index in [9.17, 15) is 8.42 Å². The minimum absolute atomic E-state index is 0.320. The lowest BCUT2D eigenvalue weighted by molar-refractivity contribution is 0.582. The van der Waals surface area contributed by atoms with Gasteiger partial charge in [0.25, 0.3) is 0 Å². The summed E-state index contributed by atoms with van der Waals surface area (Å²) in [5.41, 5.74) is 2.13. The quantitative estimate of drug-likeness (QED) is 0.797. The molecule has 0 aliphatic heterocycles. The molecule has 0 saturated heterocycles. The fourth-order valence-electron chi connectivity index (χ4n) is 2.25. The van der Waals surface area contributed by atoms with Crippen LogP contribution in [0.5, 0.6) is 0 Å². The molecule has 3 aromatic rings. The first-order chi connectivity index (χ1) is 10.1. The lowest BCUT2D eigenvalue weighted by atomic mass is 10.1. The van der Waals surface area contributed by atoms with Crippen molar-refractivity contribution in [2.75, 3.05) is 0 Å². The fraction of sp³-hybridized carbons (Fsp3) is 0.125. The average molecular weight is 317 g/mol. The molecule has 0 fully saturated rings. The summed E-state index contributed by atoms with van der Waals surface area (Å²) in [7, 11) is -3.53. The second kappa shape index (κ2) is 5.60. The minimum atomic E-state index is -3.53. The van der Waals surface area contributed by atoms with Gasteiger partial charge in [-0.05, 0) is 40.3 Å². The van der Waals surface area contributed by atoms with Gasteiger partial charge >= 0.3 is 0 Å². The van der Waals surface area contributed by atoms with Crippen molar-refractivity contribution in [3.63, 3.8) is 0 Å². The van der Waals surface area contributed by atoms with Crippen LogP contribution < -0.4 is 4.72 Å². The fourth-order valence-corrected chi connectivity index (χ4v) is 4.34. The van der Waals surface area contributed by atoms with Gasteiger partial charge in [0, 0.05) is 11.9 Å². The van der Waals surface area contributed by atoms with E-state index in [0.29, 0.717) is 11.4 Å². The van der Waals surface area contributed by atoms with Crippen LogP contribution in [0.25, 0.3) is 10.8 Å². The van der Waals surface area contributed by atoms with Crippen molar-refractivity contribution >= 4 is 32.1 Å². The molecule has 3 nitrogen and oxygen atoms in total. The van der Waals surface area contributed by atoms with Gasteiger partial charge in [0.2, 0.25) is 10.0 Å². The maximum Gasteiger partial charge on any atom is 0.241 e. The molecule has 5 heteroatoms. The molecule has 0 aliphatic carbocycles. The maximum atomic E-state index is 12.5. The Bertz CT molecular complexity index is 877. The van der Waals surface area contributed by atoms with Crippen LogP contribution >= 0.6 is 11.3 Å². The molecule has 1 N–H and O–H groups in total. The van der Waals surface area contributed by atoms with Gasteiger partial charge in [-0.25, -0.2) is 13.1 Å². The van der Waals surface area contributed by atoms with Crippen LogP contribution in [0.15, 0.2) is 58.1 Å². The monoisotopic (exact) mass is 317 g/mol. The zero-order chi connectivity index (χ0) is 14.9. The highest BCUT2D eigenvalue weighted by Crippen LogP contribution is 2.23. The van der Waals surface area contributed by atoms with Gasteiger partial charge in [-0.1, -0.05) is 36.4 Å².